The fourth-order valence-electron chi connectivity index (χ4n) is 1.90. The van der Waals surface area contributed by atoms with E-state index >= 15 is 0 Å². The average Bonchev–Trinajstić information content (AvgIpc) is 2.51. The topological polar surface area (TPSA) is 50.7 Å². The van der Waals surface area contributed by atoms with Crippen LogP contribution in [0.2, 0.25) is 5.02 Å². The van der Waals surface area contributed by atoms with Gasteiger partial charge in [0.25, 0.3) is 0 Å². The second kappa shape index (κ2) is 9.26. The highest BCUT2D eigenvalue weighted by atomic mass is 35.5. The Balaban J connectivity index is 2.70. The smallest absolute Gasteiger partial charge is 0.125 e. The van der Waals surface area contributed by atoms with E-state index in [0.717, 1.165) is 12.1 Å². The Hall–Kier alpha value is -0.810. The van der Waals surface area contributed by atoms with E-state index in [2.05, 4.69) is 5.32 Å². The van der Waals surface area contributed by atoms with E-state index in [1.165, 1.54) is 0 Å². The first-order valence-corrected chi connectivity index (χ1v) is 7.76. The molecule has 0 atom stereocenters. The first-order chi connectivity index (χ1) is 10.1. The van der Waals surface area contributed by atoms with Gasteiger partial charge in [-0.2, -0.15) is 0 Å². The van der Waals surface area contributed by atoms with Gasteiger partial charge in [-0.3, -0.25) is 0 Å². The van der Waals surface area contributed by atoms with Crippen LogP contribution in [0.15, 0.2) is 18.2 Å². The molecule has 1 aromatic rings. The number of hydrogen-bond acceptors (Lipinski definition) is 4. The summed E-state index contributed by atoms with van der Waals surface area (Å²) in [5.41, 5.74) is 0.119. The van der Waals surface area contributed by atoms with Crippen molar-refractivity contribution in [2.24, 2.45) is 0 Å². The van der Waals surface area contributed by atoms with Crippen LogP contribution in [-0.4, -0.2) is 37.6 Å². The van der Waals surface area contributed by atoms with Crippen LogP contribution >= 0.6 is 11.6 Å². The van der Waals surface area contributed by atoms with Crippen molar-refractivity contribution < 1.29 is 14.6 Å². The van der Waals surface area contributed by atoms with Gasteiger partial charge in [0.05, 0.1) is 12.2 Å². The number of hydrogen-bond donors (Lipinski definition) is 2. The van der Waals surface area contributed by atoms with Crippen molar-refractivity contribution >= 4 is 11.6 Å². The van der Waals surface area contributed by atoms with Crippen molar-refractivity contribution in [1.82, 2.24) is 5.32 Å². The monoisotopic (exact) mass is 315 g/mol. The fraction of sp³-hybridized carbons (Fsp3) is 0.625. The minimum atomic E-state index is -0.789. The Morgan fingerprint density at radius 1 is 1.29 bits per heavy atom. The molecule has 4 nitrogen and oxygen atoms in total. The zero-order valence-corrected chi connectivity index (χ0v) is 13.9. The largest absolute Gasteiger partial charge is 0.490 e. The first-order valence-electron chi connectivity index (χ1n) is 7.38. The third-order valence-corrected chi connectivity index (χ3v) is 4.03. The number of nitrogens with one attached hydrogen (secondary N) is 1. The van der Waals surface area contributed by atoms with Crippen molar-refractivity contribution in [3.63, 3.8) is 0 Å². The zero-order valence-electron chi connectivity index (χ0n) is 13.1. The molecule has 0 heterocycles. The van der Waals surface area contributed by atoms with E-state index < -0.39 is 5.60 Å². The van der Waals surface area contributed by atoms with Crippen LogP contribution in [0.3, 0.4) is 0 Å². The summed E-state index contributed by atoms with van der Waals surface area (Å²) in [5.74, 6) is 0.716. The highest BCUT2D eigenvalue weighted by Gasteiger charge is 2.23. The third-order valence-electron chi connectivity index (χ3n) is 3.67. The second-order valence-corrected chi connectivity index (χ2v) is 5.51. The van der Waals surface area contributed by atoms with Gasteiger partial charge in [0.15, 0.2) is 0 Å². The maximum Gasteiger partial charge on any atom is 0.125 e. The summed E-state index contributed by atoms with van der Waals surface area (Å²) in [6.45, 7) is 6.18. The standard InChI is InChI=1S/C16H26ClNO3/c1-4-16(19,5-2)12-21-15-8-6-7-14(17)13(15)11-18-9-10-20-3/h6-8,18-19H,4-5,9-12H2,1-3H3. The maximum absolute atomic E-state index is 10.3. The van der Waals surface area contributed by atoms with Crippen LogP contribution in [0.1, 0.15) is 32.3 Å². The highest BCUT2D eigenvalue weighted by Crippen LogP contribution is 2.27. The lowest BCUT2D eigenvalue weighted by molar-refractivity contribution is -0.0116. The molecule has 0 spiro atoms. The number of ether oxygens (including phenoxy) is 2. The summed E-state index contributed by atoms with van der Waals surface area (Å²) in [4.78, 5) is 0. The van der Waals surface area contributed by atoms with Crippen molar-refractivity contribution in [2.45, 2.75) is 38.8 Å². The summed E-state index contributed by atoms with van der Waals surface area (Å²) in [6, 6.07) is 5.58. The van der Waals surface area contributed by atoms with Crippen LogP contribution in [0.5, 0.6) is 5.75 Å². The van der Waals surface area contributed by atoms with Gasteiger partial charge in [-0.05, 0) is 25.0 Å². The van der Waals surface area contributed by atoms with Crippen molar-refractivity contribution in [2.75, 3.05) is 26.9 Å². The molecular formula is C16H26ClNO3. The summed E-state index contributed by atoms with van der Waals surface area (Å²) in [5, 5.41) is 14.2. The summed E-state index contributed by atoms with van der Waals surface area (Å²) < 4.78 is 10.8. The molecule has 5 heteroatoms. The normalized spacial score (nSPS) is 11.7. The zero-order chi connectivity index (χ0) is 15.7. The predicted octanol–water partition coefficient (Wildman–Crippen LogP) is 3.01. The molecule has 0 bridgehead atoms. The van der Waals surface area contributed by atoms with E-state index in [0.29, 0.717) is 36.8 Å². The lowest BCUT2D eigenvalue weighted by Crippen LogP contribution is -2.34. The predicted molar refractivity (Wildman–Crippen MR) is 86.1 cm³/mol. The maximum atomic E-state index is 10.3. The van der Waals surface area contributed by atoms with E-state index in [1.54, 1.807) is 7.11 Å². The van der Waals surface area contributed by atoms with E-state index in [4.69, 9.17) is 21.1 Å². The molecule has 1 rings (SSSR count). The molecule has 0 aliphatic rings. The number of benzene rings is 1. The molecule has 2 N–H and O–H groups in total. The van der Waals surface area contributed by atoms with E-state index in [-0.39, 0.29) is 6.61 Å². The molecule has 0 amide bonds. The number of rotatable bonds is 10. The minimum Gasteiger partial charge on any atom is -0.490 e. The molecule has 0 fully saturated rings. The number of halogens is 1. The molecule has 0 radical (unpaired) electrons. The summed E-state index contributed by atoms with van der Waals surface area (Å²) in [7, 11) is 1.67. The van der Waals surface area contributed by atoms with Crippen LogP contribution in [-0.2, 0) is 11.3 Å². The summed E-state index contributed by atoms with van der Waals surface area (Å²) >= 11 is 6.25. The van der Waals surface area contributed by atoms with Crippen molar-refractivity contribution in [1.29, 1.82) is 0 Å². The van der Waals surface area contributed by atoms with Gasteiger partial charge in [-0.1, -0.05) is 31.5 Å². The Morgan fingerprint density at radius 3 is 2.62 bits per heavy atom. The lowest BCUT2D eigenvalue weighted by Gasteiger charge is -2.26. The van der Waals surface area contributed by atoms with Gasteiger partial charge in [0.2, 0.25) is 0 Å². The Labute approximate surface area is 132 Å². The Kier molecular flexibility index (Phi) is 8.04. The summed E-state index contributed by atoms with van der Waals surface area (Å²) in [6.07, 6.45) is 1.32. The van der Waals surface area contributed by atoms with Gasteiger partial charge in [-0.15, -0.1) is 0 Å². The molecule has 0 saturated heterocycles. The Bertz CT molecular complexity index is 422. The van der Waals surface area contributed by atoms with Crippen LogP contribution < -0.4 is 10.1 Å². The molecule has 120 valence electrons. The lowest BCUT2D eigenvalue weighted by atomic mass is 9.99. The van der Waals surface area contributed by atoms with Gasteiger partial charge in [-0.25, -0.2) is 0 Å². The quantitative estimate of drug-likeness (QED) is 0.652. The highest BCUT2D eigenvalue weighted by molar-refractivity contribution is 6.31. The molecule has 0 aromatic heterocycles. The Morgan fingerprint density at radius 2 is 2.00 bits per heavy atom. The van der Waals surface area contributed by atoms with Gasteiger partial charge in [0.1, 0.15) is 12.4 Å². The fourth-order valence-corrected chi connectivity index (χ4v) is 2.13. The van der Waals surface area contributed by atoms with Crippen LogP contribution in [0.25, 0.3) is 0 Å². The van der Waals surface area contributed by atoms with Crippen LogP contribution in [0.4, 0.5) is 0 Å². The third kappa shape index (κ3) is 5.83. The first kappa shape index (κ1) is 18.2. The van der Waals surface area contributed by atoms with Gasteiger partial charge >= 0.3 is 0 Å². The van der Waals surface area contributed by atoms with Crippen LogP contribution in [0, 0.1) is 0 Å². The van der Waals surface area contributed by atoms with E-state index in [9.17, 15) is 5.11 Å². The van der Waals surface area contributed by atoms with Gasteiger partial charge in [0, 0.05) is 30.8 Å². The number of aliphatic hydroxyl groups is 1. The van der Waals surface area contributed by atoms with Crippen molar-refractivity contribution in [3.8, 4) is 5.75 Å². The second-order valence-electron chi connectivity index (χ2n) is 5.11. The molecule has 0 saturated carbocycles. The molecular weight excluding hydrogens is 290 g/mol. The molecule has 0 unspecified atom stereocenters. The minimum absolute atomic E-state index is 0.269. The molecule has 0 aliphatic heterocycles. The molecule has 0 aliphatic carbocycles. The molecule has 21 heavy (non-hydrogen) atoms. The average molecular weight is 316 g/mol. The van der Waals surface area contributed by atoms with Crippen molar-refractivity contribution in [3.05, 3.63) is 28.8 Å². The van der Waals surface area contributed by atoms with E-state index in [1.807, 2.05) is 32.0 Å². The molecule has 1 aromatic carbocycles. The van der Waals surface area contributed by atoms with Gasteiger partial charge < -0.3 is 19.9 Å². The number of methoxy groups -OCH3 is 1. The SMILES string of the molecule is CCC(O)(CC)COc1cccc(Cl)c1CNCCOC.